The SMILES string of the molecule is CC(=O)N1CCC(C(=O)N2CC(C)C2)(c2ccccc2)CC1. The van der Waals surface area contributed by atoms with Crippen molar-refractivity contribution in [3.63, 3.8) is 0 Å². The Bertz CT molecular complexity index is 556. The number of benzene rings is 1. The number of carbonyl (C=O) groups is 2. The van der Waals surface area contributed by atoms with Crippen molar-refractivity contribution in [3.8, 4) is 0 Å². The first kappa shape index (κ1) is 15.1. The van der Waals surface area contributed by atoms with Gasteiger partial charge < -0.3 is 9.80 Å². The molecule has 3 rings (SSSR count). The van der Waals surface area contributed by atoms with Gasteiger partial charge in [-0.15, -0.1) is 0 Å². The summed E-state index contributed by atoms with van der Waals surface area (Å²) in [7, 11) is 0. The molecule has 2 amide bonds. The van der Waals surface area contributed by atoms with Crippen molar-refractivity contribution in [2.45, 2.75) is 32.1 Å². The second-order valence-electron chi connectivity index (χ2n) is 6.77. The first-order valence-electron chi connectivity index (χ1n) is 8.13. The molecule has 0 unspecified atom stereocenters. The summed E-state index contributed by atoms with van der Waals surface area (Å²) in [5, 5.41) is 0. The average Bonchev–Trinajstić information content (AvgIpc) is 2.52. The Morgan fingerprint density at radius 1 is 1.05 bits per heavy atom. The first-order chi connectivity index (χ1) is 10.5. The van der Waals surface area contributed by atoms with Crippen molar-refractivity contribution in [2.24, 2.45) is 5.92 Å². The van der Waals surface area contributed by atoms with Crippen molar-refractivity contribution >= 4 is 11.8 Å². The molecule has 2 saturated heterocycles. The summed E-state index contributed by atoms with van der Waals surface area (Å²) < 4.78 is 0. The van der Waals surface area contributed by atoms with Crippen LogP contribution in [0.2, 0.25) is 0 Å². The third kappa shape index (κ3) is 2.51. The summed E-state index contributed by atoms with van der Waals surface area (Å²) in [6, 6.07) is 10.1. The van der Waals surface area contributed by atoms with Crippen molar-refractivity contribution in [2.75, 3.05) is 26.2 Å². The fraction of sp³-hybridized carbons (Fsp3) is 0.556. The Morgan fingerprint density at radius 3 is 2.14 bits per heavy atom. The number of carbonyl (C=O) groups excluding carboxylic acids is 2. The first-order valence-corrected chi connectivity index (χ1v) is 8.13. The summed E-state index contributed by atoms with van der Waals surface area (Å²) in [5.41, 5.74) is 0.649. The minimum absolute atomic E-state index is 0.103. The third-order valence-corrected chi connectivity index (χ3v) is 5.15. The molecule has 0 aliphatic carbocycles. The molecule has 22 heavy (non-hydrogen) atoms. The van der Waals surface area contributed by atoms with Crippen LogP contribution in [-0.2, 0) is 15.0 Å². The van der Waals surface area contributed by atoms with Gasteiger partial charge in [-0.2, -0.15) is 0 Å². The van der Waals surface area contributed by atoms with E-state index in [1.807, 2.05) is 28.0 Å². The van der Waals surface area contributed by atoms with Crippen LogP contribution in [0.1, 0.15) is 32.3 Å². The molecule has 0 atom stereocenters. The fourth-order valence-electron chi connectivity index (χ4n) is 3.75. The average molecular weight is 300 g/mol. The van der Waals surface area contributed by atoms with Crippen molar-refractivity contribution in [1.82, 2.24) is 9.80 Å². The standard InChI is InChI=1S/C18H24N2O2/c1-14-12-20(13-14)17(22)18(16-6-4-3-5-7-16)8-10-19(11-9-18)15(2)21/h3-7,14H,8-13H2,1-2H3. The molecule has 0 aromatic heterocycles. The molecular formula is C18H24N2O2. The van der Waals surface area contributed by atoms with E-state index in [-0.39, 0.29) is 11.8 Å². The summed E-state index contributed by atoms with van der Waals surface area (Å²) in [5.74, 6) is 0.959. The highest BCUT2D eigenvalue weighted by Crippen LogP contribution is 2.39. The summed E-state index contributed by atoms with van der Waals surface area (Å²) in [4.78, 5) is 28.6. The summed E-state index contributed by atoms with van der Waals surface area (Å²) >= 11 is 0. The number of hydrogen-bond acceptors (Lipinski definition) is 2. The normalized spacial score (nSPS) is 21.4. The number of amides is 2. The number of hydrogen-bond donors (Lipinski definition) is 0. The Morgan fingerprint density at radius 2 is 1.64 bits per heavy atom. The number of rotatable bonds is 2. The second-order valence-corrected chi connectivity index (χ2v) is 6.77. The molecule has 118 valence electrons. The minimum atomic E-state index is -0.451. The van der Waals surface area contributed by atoms with Gasteiger partial charge in [-0.05, 0) is 24.3 Å². The second kappa shape index (κ2) is 5.75. The zero-order valence-electron chi connectivity index (χ0n) is 13.4. The van der Waals surface area contributed by atoms with E-state index in [4.69, 9.17) is 0 Å². The molecule has 0 saturated carbocycles. The van der Waals surface area contributed by atoms with Crippen LogP contribution in [0.4, 0.5) is 0 Å². The van der Waals surface area contributed by atoms with Crippen LogP contribution in [0.3, 0.4) is 0 Å². The lowest BCUT2D eigenvalue weighted by Crippen LogP contribution is -2.59. The number of nitrogens with zero attached hydrogens (tertiary/aromatic N) is 2. The molecule has 4 nitrogen and oxygen atoms in total. The van der Waals surface area contributed by atoms with Gasteiger partial charge in [0.15, 0.2) is 0 Å². The highest BCUT2D eigenvalue weighted by molar-refractivity contribution is 5.89. The maximum absolute atomic E-state index is 13.1. The van der Waals surface area contributed by atoms with E-state index in [9.17, 15) is 9.59 Å². The largest absolute Gasteiger partial charge is 0.343 e. The van der Waals surface area contributed by atoms with Crippen LogP contribution >= 0.6 is 0 Å². The van der Waals surface area contributed by atoms with E-state index >= 15 is 0 Å². The van der Waals surface area contributed by atoms with Crippen molar-refractivity contribution in [1.29, 1.82) is 0 Å². The Kier molecular flexibility index (Phi) is 3.94. The van der Waals surface area contributed by atoms with Gasteiger partial charge in [-0.1, -0.05) is 37.3 Å². The predicted molar refractivity (Wildman–Crippen MR) is 85.4 cm³/mol. The van der Waals surface area contributed by atoms with Crippen LogP contribution in [-0.4, -0.2) is 47.8 Å². The Balaban J connectivity index is 1.87. The monoisotopic (exact) mass is 300 g/mol. The molecule has 2 aliphatic rings. The van der Waals surface area contributed by atoms with Gasteiger partial charge in [0.1, 0.15) is 0 Å². The van der Waals surface area contributed by atoms with Gasteiger partial charge in [-0.25, -0.2) is 0 Å². The maximum Gasteiger partial charge on any atom is 0.233 e. The van der Waals surface area contributed by atoms with Gasteiger partial charge >= 0.3 is 0 Å². The molecule has 2 heterocycles. The third-order valence-electron chi connectivity index (χ3n) is 5.15. The van der Waals surface area contributed by atoms with Crippen LogP contribution < -0.4 is 0 Å². The van der Waals surface area contributed by atoms with Gasteiger partial charge in [0, 0.05) is 33.1 Å². The summed E-state index contributed by atoms with van der Waals surface area (Å²) in [6.45, 7) is 6.85. The summed E-state index contributed by atoms with van der Waals surface area (Å²) in [6.07, 6.45) is 1.45. The van der Waals surface area contributed by atoms with Crippen LogP contribution in [0.25, 0.3) is 0 Å². The zero-order valence-corrected chi connectivity index (χ0v) is 13.4. The predicted octanol–water partition coefficient (Wildman–Crippen LogP) is 2.04. The minimum Gasteiger partial charge on any atom is -0.343 e. The van der Waals surface area contributed by atoms with Crippen LogP contribution in [0.5, 0.6) is 0 Å². The van der Waals surface area contributed by atoms with E-state index in [1.165, 1.54) is 0 Å². The molecule has 0 spiro atoms. The number of likely N-dealkylation sites (tertiary alicyclic amines) is 2. The lowest BCUT2D eigenvalue weighted by atomic mass is 9.71. The molecule has 2 fully saturated rings. The zero-order chi connectivity index (χ0) is 15.7. The van der Waals surface area contributed by atoms with E-state index in [2.05, 4.69) is 19.1 Å². The van der Waals surface area contributed by atoms with E-state index in [1.54, 1.807) is 6.92 Å². The van der Waals surface area contributed by atoms with Crippen molar-refractivity contribution in [3.05, 3.63) is 35.9 Å². The van der Waals surface area contributed by atoms with E-state index in [0.717, 1.165) is 31.5 Å². The van der Waals surface area contributed by atoms with E-state index in [0.29, 0.717) is 19.0 Å². The molecule has 0 N–H and O–H groups in total. The van der Waals surface area contributed by atoms with Crippen LogP contribution in [0.15, 0.2) is 30.3 Å². The lowest BCUT2D eigenvalue weighted by Gasteiger charge is -2.47. The van der Waals surface area contributed by atoms with Gasteiger partial charge in [0.05, 0.1) is 5.41 Å². The fourth-order valence-corrected chi connectivity index (χ4v) is 3.75. The maximum atomic E-state index is 13.1. The molecule has 2 aliphatic heterocycles. The lowest BCUT2D eigenvalue weighted by molar-refractivity contribution is -0.147. The van der Waals surface area contributed by atoms with Crippen LogP contribution in [0, 0.1) is 5.92 Å². The highest BCUT2D eigenvalue weighted by atomic mass is 16.2. The van der Waals surface area contributed by atoms with Gasteiger partial charge in [-0.3, -0.25) is 9.59 Å². The Hall–Kier alpha value is -1.84. The topological polar surface area (TPSA) is 40.6 Å². The number of piperidine rings is 1. The molecule has 4 heteroatoms. The molecule has 1 aromatic carbocycles. The molecule has 1 aromatic rings. The molecular weight excluding hydrogens is 276 g/mol. The molecule has 0 radical (unpaired) electrons. The van der Waals surface area contributed by atoms with Gasteiger partial charge in [0.25, 0.3) is 0 Å². The quantitative estimate of drug-likeness (QED) is 0.838. The van der Waals surface area contributed by atoms with Crippen molar-refractivity contribution < 1.29 is 9.59 Å². The smallest absolute Gasteiger partial charge is 0.233 e. The highest BCUT2D eigenvalue weighted by Gasteiger charge is 2.47. The van der Waals surface area contributed by atoms with Gasteiger partial charge in [0.2, 0.25) is 11.8 Å². The van der Waals surface area contributed by atoms with E-state index < -0.39 is 5.41 Å². The Labute approximate surface area is 132 Å². The molecule has 0 bridgehead atoms.